The Morgan fingerprint density at radius 2 is 1.40 bits per heavy atom. The molecule has 1 unspecified atom stereocenters. The van der Waals surface area contributed by atoms with Crippen molar-refractivity contribution in [3.63, 3.8) is 0 Å². The molecule has 5 N–H and O–H groups in total. The molecule has 0 aromatic rings. The molecule has 0 bridgehead atoms. The first kappa shape index (κ1) is 35.1. The number of hydrogen-bond acceptors (Lipinski definition) is 7. The number of nitrogens with one attached hydrogen (secondary N) is 5. The van der Waals surface area contributed by atoms with E-state index in [1.54, 1.807) is 6.92 Å². The van der Waals surface area contributed by atoms with Gasteiger partial charge in [-0.1, -0.05) is 48.0 Å². The number of thioether (sulfide) groups is 1. The number of Topliss-reactive ketones (excluding diaryl/α,β-unsaturated/α-hetero) is 1. The van der Waals surface area contributed by atoms with Crippen LogP contribution in [0, 0.1) is 17.8 Å². The lowest BCUT2D eigenvalue weighted by molar-refractivity contribution is -0.134. The van der Waals surface area contributed by atoms with Crippen LogP contribution in [0.2, 0.25) is 0 Å². The summed E-state index contributed by atoms with van der Waals surface area (Å²) in [5.41, 5.74) is -0.863. The molecule has 11 nitrogen and oxygen atoms in total. The van der Waals surface area contributed by atoms with Gasteiger partial charge in [0.25, 0.3) is 0 Å². The molecule has 3 aliphatic rings. The van der Waals surface area contributed by atoms with E-state index >= 15 is 0 Å². The number of hydrogen-bond donors (Lipinski definition) is 5. The topological polar surface area (TPSA) is 158 Å². The van der Waals surface area contributed by atoms with Crippen LogP contribution in [-0.2, 0) is 23.9 Å². The molecule has 0 saturated carbocycles. The largest absolute Gasteiger partial charge is 0.361 e. The molecule has 7 atom stereocenters. The summed E-state index contributed by atoms with van der Waals surface area (Å²) in [6.07, 6.45) is 4.05. The molecule has 0 radical (unpaired) electrons. The lowest BCUT2D eigenvalue weighted by Crippen LogP contribution is -2.57. The second-order valence-electron chi connectivity index (χ2n) is 13.9. The van der Waals surface area contributed by atoms with Crippen LogP contribution in [0.25, 0.3) is 0 Å². The maximum Gasteiger partial charge on any atom is 0.315 e. The van der Waals surface area contributed by atoms with Crippen LogP contribution < -0.4 is 26.6 Å². The Hall–Kier alpha value is -2.34. The average Bonchev–Trinajstić information content (AvgIpc) is 3.39. The van der Waals surface area contributed by atoms with Gasteiger partial charge in [-0.2, -0.15) is 11.8 Å². The van der Waals surface area contributed by atoms with Gasteiger partial charge in [-0.25, -0.2) is 4.79 Å². The van der Waals surface area contributed by atoms with Crippen molar-refractivity contribution in [2.24, 2.45) is 17.8 Å². The minimum atomic E-state index is -0.863. The number of carbonyl (C=O) groups excluding carboxylic acids is 5. The van der Waals surface area contributed by atoms with Gasteiger partial charge >= 0.3 is 6.03 Å². The number of ketones is 1. The van der Waals surface area contributed by atoms with E-state index in [-0.39, 0.29) is 47.6 Å². The fourth-order valence-electron chi connectivity index (χ4n) is 5.81. The monoisotopic (exact) mass is 623 g/mol. The van der Waals surface area contributed by atoms with Crippen molar-refractivity contribution in [1.82, 2.24) is 26.6 Å². The highest BCUT2D eigenvalue weighted by Gasteiger charge is 2.50. The van der Waals surface area contributed by atoms with Gasteiger partial charge in [0.05, 0.1) is 24.7 Å². The summed E-state index contributed by atoms with van der Waals surface area (Å²) in [5.74, 6) is 0.186. The second kappa shape index (κ2) is 15.6. The molecule has 0 aromatic heterocycles. The number of fused-ring (bicyclic) bond motifs is 1. The maximum atomic E-state index is 13.5. The molecule has 0 spiro atoms. The average molecular weight is 624 g/mol. The molecular formula is C31H53N5O6S. The Kier molecular flexibility index (Phi) is 12.7. The lowest BCUT2D eigenvalue weighted by atomic mass is 9.92. The minimum absolute atomic E-state index is 0.103. The van der Waals surface area contributed by atoms with Crippen LogP contribution in [0.5, 0.6) is 0 Å². The highest BCUT2D eigenvalue weighted by molar-refractivity contribution is 8.00. The van der Waals surface area contributed by atoms with Crippen molar-refractivity contribution in [1.29, 1.82) is 0 Å². The summed E-state index contributed by atoms with van der Waals surface area (Å²) < 4.78 is 5.35. The third kappa shape index (κ3) is 10.7. The van der Waals surface area contributed by atoms with Gasteiger partial charge in [0.1, 0.15) is 17.7 Å². The molecule has 0 aromatic carbocycles. The van der Waals surface area contributed by atoms with Crippen LogP contribution in [-0.4, -0.2) is 83.0 Å². The molecule has 43 heavy (non-hydrogen) atoms. The SMILES string of the molecule is CC(C)C[C@H](NC(=O)CCCCC1SC[C@@H]2NC(=O)N[C@H]12)C(=O)N[C@@H](CC(C)C)C(=O)N[C@@H](CC(C)C)C(=O)[C@@]1(C)CO1. The predicted molar refractivity (Wildman–Crippen MR) is 167 cm³/mol. The number of amides is 5. The number of rotatable bonds is 18. The van der Waals surface area contributed by atoms with Crippen LogP contribution in [0.4, 0.5) is 4.79 Å². The number of carbonyl (C=O) groups is 5. The Bertz CT molecular complexity index is 1020. The van der Waals surface area contributed by atoms with Crippen molar-refractivity contribution in [3.8, 4) is 0 Å². The number of unbranched alkanes of at least 4 members (excludes halogenated alkanes) is 1. The van der Waals surface area contributed by atoms with Crippen molar-refractivity contribution in [2.75, 3.05) is 12.4 Å². The Morgan fingerprint density at radius 1 is 0.860 bits per heavy atom. The summed E-state index contributed by atoms with van der Waals surface area (Å²) in [6, 6.07) is -2.09. The molecule has 5 amide bonds. The Labute approximate surface area is 260 Å². The van der Waals surface area contributed by atoms with E-state index in [4.69, 9.17) is 4.74 Å². The highest BCUT2D eigenvalue weighted by Crippen LogP contribution is 2.33. The molecule has 3 rings (SSSR count). The molecule has 12 heteroatoms. The number of epoxide rings is 1. The molecule has 3 fully saturated rings. The molecule has 3 aliphatic heterocycles. The van der Waals surface area contributed by atoms with Crippen molar-refractivity contribution in [3.05, 3.63) is 0 Å². The standard InChI is InChI=1S/C31H53N5O6S/c1-17(2)12-20(27(38)31(7)16-42-31)33-29(40)22(14-19(5)6)34-28(39)21(13-18(3)4)32-25(37)11-9-8-10-24-26-23(15-43-24)35-30(41)36-26/h17-24,26H,8-16H2,1-7H3,(H,32,37)(H,33,40)(H,34,39)(H2,35,36,41)/t20-,21-,22-,23-,24?,26-,31+/m0/s1. The highest BCUT2D eigenvalue weighted by atomic mass is 32.2. The summed E-state index contributed by atoms with van der Waals surface area (Å²) in [7, 11) is 0. The molecule has 244 valence electrons. The van der Waals surface area contributed by atoms with E-state index in [0.29, 0.717) is 44.0 Å². The predicted octanol–water partition coefficient (Wildman–Crippen LogP) is 2.66. The molecule has 3 saturated heterocycles. The van der Waals surface area contributed by atoms with Crippen molar-refractivity contribution >= 4 is 41.3 Å². The van der Waals surface area contributed by atoms with E-state index in [1.807, 2.05) is 53.3 Å². The number of ether oxygens (including phenoxy) is 1. The van der Waals surface area contributed by atoms with Crippen molar-refractivity contribution < 1.29 is 28.7 Å². The van der Waals surface area contributed by atoms with E-state index in [0.717, 1.165) is 18.6 Å². The van der Waals surface area contributed by atoms with Crippen LogP contribution in [0.3, 0.4) is 0 Å². The van der Waals surface area contributed by atoms with Gasteiger partial charge in [0.15, 0.2) is 5.78 Å². The zero-order valence-electron chi connectivity index (χ0n) is 26.9. The third-order valence-corrected chi connectivity index (χ3v) is 9.73. The zero-order chi connectivity index (χ0) is 31.9. The van der Waals surface area contributed by atoms with Crippen LogP contribution in [0.1, 0.15) is 93.4 Å². The minimum Gasteiger partial charge on any atom is -0.361 e. The Morgan fingerprint density at radius 3 is 1.95 bits per heavy atom. The van der Waals surface area contributed by atoms with Gasteiger partial charge < -0.3 is 31.3 Å². The first-order chi connectivity index (χ1) is 20.2. The van der Waals surface area contributed by atoms with E-state index in [2.05, 4.69) is 26.6 Å². The third-order valence-electron chi connectivity index (χ3n) is 8.22. The van der Waals surface area contributed by atoms with Gasteiger partial charge in [-0.15, -0.1) is 0 Å². The summed E-state index contributed by atoms with van der Waals surface area (Å²) in [6.45, 7) is 14.0. The van der Waals surface area contributed by atoms with Crippen molar-refractivity contribution in [2.45, 2.75) is 134 Å². The van der Waals surface area contributed by atoms with Gasteiger partial charge in [-0.3, -0.25) is 19.2 Å². The van der Waals surface area contributed by atoms with Crippen LogP contribution in [0.15, 0.2) is 0 Å². The summed E-state index contributed by atoms with van der Waals surface area (Å²) >= 11 is 1.85. The number of urea groups is 1. The fraction of sp³-hybridized carbons (Fsp3) is 0.839. The molecule has 3 heterocycles. The van der Waals surface area contributed by atoms with E-state index < -0.39 is 35.5 Å². The summed E-state index contributed by atoms with van der Waals surface area (Å²) in [4.78, 5) is 64.5. The lowest BCUT2D eigenvalue weighted by Gasteiger charge is -2.27. The van der Waals surface area contributed by atoms with Gasteiger partial charge in [0.2, 0.25) is 17.7 Å². The van der Waals surface area contributed by atoms with Gasteiger partial charge in [-0.05, 0) is 56.8 Å². The molecule has 0 aliphatic carbocycles. The van der Waals surface area contributed by atoms with E-state index in [1.165, 1.54) is 0 Å². The quantitative estimate of drug-likeness (QED) is 0.0892. The normalized spacial score (nSPS) is 26.4. The fourth-order valence-corrected chi connectivity index (χ4v) is 7.36. The smallest absolute Gasteiger partial charge is 0.315 e. The zero-order valence-corrected chi connectivity index (χ0v) is 27.7. The first-order valence-electron chi connectivity index (χ1n) is 16.0. The summed E-state index contributed by atoms with van der Waals surface area (Å²) in [5, 5.41) is 15.0. The van der Waals surface area contributed by atoms with Crippen LogP contribution >= 0.6 is 11.8 Å². The maximum absolute atomic E-state index is 13.5. The first-order valence-corrected chi connectivity index (χ1v) is 17.0. The van der Waals surface area contributed by atoms with Gasteiger partial charge in [0, 0.05) is 17.4 Å². The second-order valence-corrected chi connectivity index (χ2v) is 15.2. The molecular weight excluding hydrogens is 570 g/mol. The van der Waals surface area contributed by atoms with E-state index in [9.17, 15) is 24.0 Å². The Balaban J connectivity index is 1.54.